The molecule has 0 atom stereocenters. The lowest BCUT2D eigenvalue weighted by molar-refractivity contribution is -0.114. The first-order valence-electron chi connectivity index (χ1n) is 7.81. The number of benzene rings is 3. The van der Waals surface area contributed by atoms with E-state index in [4.69, 9.17) is 4.74 Å². The van der Waals surface area contributed by atoms with Crippen LogP contribution in [0.25, 0.3) is 0 Å². The van der Waals surface area contributed by atoms with Crippen molar-refractivity contribution in [2.45, 2.75) is 0 Å². The van der Waals surface area contributed by atoms with Crippen LogP contribution < -0.4 is 15.4 Å². The van der Waals surface area contributed by atoms with E-state index < -0.39 is 0 Å². The molecule has 25 heavy (non-hydrogen) atoms. The SMILES string of the molecule is O=C(CNc1cccc(Br)c1)Nc1ccc(Oc2ccccc2)cc1. The number of nitrogens with one attached hydrogen (secondary N) is 2. The second kappa shape index (κ2) is 8.35. The molecular formula is C20H17BrN2O2. The number of anilines is 2. The summed E-state index contributed by atoms with van der Waals surface area (Å²) in [5, 5.41) is 5.93. The molecule has 0 aliphatic heterocycles. The van der Waals surface area contributed by atoms with Gasteiger partial charge in [-0.2, -0.15) is 0 Å². The van der Waals surface area contributed by atoms with Crippen molar-refractivity contribution in [1.29, 1.82) is 0 Å². The molecule has 0 saturated carbocycles. The Morgan fingerprint density at radius 3 is 2.28 bits per heavy atom. The number of amides is 1. The lowest BCUT2D eigenvalue weighted by Crippen LogP contribution is -2.21. The number of rotatable bonds is 6. The van der Waals surface area contributed by atoms with Gasteiger partial charge < -0.3 is 15.4 Å². The van der Waals surface area contributed by atoms with Gasteiger partial charge in [0.25, 0.3) is 0 Å². The van der Waals surface area contributed by atoms with Crippen LogP contribution in [-0.4, -0.2) is 12.5 Å². The molecule has 0 aliphatic rings. The smallest absolute Gasteiger partial charge is 0.243 e. The third-order valence-corrected chi connectivity index (χ3v) is 3.89. The van der Waals surface area contributed by atoms with Crippen LogP contribution in [0.4, 0.5) is 11.4 Å². The molecule has 5 heteroatoms. The molecule has 3 aromatic rings. The maximum Gasteiger partial charge on any atom is 0.243 e. The highest BCUT2D eigenvalue weighted by atomic mass is 79.9. The van der Waals surface area contributed by atoms with Gasteiger partial charge >= 0.3 is 0 Å². The van der Waals surface area contributed by atoms with Crippen LogP contribution in [0.2, 0.25) is 0 Å². The van der Waals surface area contributed by atoms with Crippen LogP contribution >= 0.6 is 15.9 Å². The molecule has 0 bridgehead atoms. The molecule has 0 radical (unpaired) electrons. The van der Waals surface area contributed by atoms with Crippen molar-refractivity contribution in [3.8, 4) is 11.5 Å². The van der Waals surface area contributed by atoms with Gasteiger partial charge in [0.05, 0.1) is 6.54 Å². The van der Waals surface area contributed by atoms with Gasteiger partial charge in [-0.3, -0.25) is 4.79 Å². The molecule has 1 amide bonds. The number of carbonyl (C=O) groups is 1. The molecular weight excluding hydrogens is 380 g/mol. The minimum absolute atomic E-state index is 0.114. The van der Waals surface area contributed by atoms with Gasteiger partial charge in [-0.15, -0.1) is 0 Å². The van der Waals surface area contributed by atoms with Gasteiger partial charge in [-0.1, -0.05) is 40.2 Å². The summed E-state index contributed by atoms with van der Waals surface area (Å²) >= 11 is 3.40. The number of hydrogen-bond acceptors (Lipinski definition) is 3. The average Bonchev–Trinajstić information content (AvgIpc) is 2.63. The minimum atomic E-state index is -0.114. The van der Waals surface area contributed by atoms with E-state index in [1.165, 1.54) is 0 Å². The lowest BCUT2D eigenvalue weighted by Gasteiger charge is -2.09. The first-order valence-corrected chi connectivity index (χ1v) is 8.60. The normalized spacial score (nSPS) is 10.1. The molecule has 3 aromatic carbocycles. The Hall–Kier alpha value is -2.79. The fourth-order valence-electron chi connectivity index (χ4n) is 2.22. The highest BCUT2D eigenvalue weighted by Crippen LogP contribution is 2.22. The first-order chi connectivity index (χ1) is 12.2. The highest BCUT2D eigenvalue weighted by Gasteiger charge is 2.03. The predicted octanol–water partition coefficient (Wildman–Crippen LogP) is 5.29. The van der Waals surface area contributed by atoms with Crippen molar-refractivity contribution in [3.63, 3.8) is 0 Å². The van der Waals surface area contributed by atoms with Gasteiger partial charge in [-0.05, 0) is 54.6 Å². The zero-order valence-electron chi connectivity index (χ0n) is 13.4. The minimum Gasteiger partial charge on any atom is -0.457 e. The lowest BCUT2D eigenvalue weighted by atomic mass is 10.3. The van der Waals surface area contributed by atoms with Crippen LogP contribution in [-0.2, 0) is 4.79 Å². The molecule has 0 fully saturated rings. The summed E-state index contributed by atoms with van der Waals surface area (Å²) in [4.78, 5) is 12.0. The van der Waals surface area contributed by atoms with Crippen LogP contribution in [0.5, 0.6) is 11.5 Å². The van der Waals surface area contributed by atoms with E-state index in [-0.39, 0.29) is 12.5 Å². The predicted molar refractivity (Wildman–Crippen MR) is 104 cm³/mol. The highest BCUT2D eigenvalue weighted by molar-refractivity contribution is 9.10. The van der Waals surface area contributed by atoms with Crippen molar-refractivity contribution >= 4 is 33.2 Å². The van der Waals surface area contributed by atoms with Gasteiger partial charge in [0.2, 0.25) is 5.91 Å². The Morgan fingerprint density at radius 2 is 1.56 bits per heavy atom. The maximum absolute atomic E-state index is 12.0. The molecule has 0 aromatic heterocycles. The summed E-state index contributed by atoms with van der Waals surface area (Å²) in [5.74, 6) is 1.38. The molecule has 126 valence electrons. The summed E-state index contributed by atoms with van der Waals surface area (Å²) in [7, 11) is 0. The van der Waals surface area contributed by atoms with Crippen LogP contribution in [0.1, 0.15) is 0 Å². The Morgan fingerprint density at radius 1 is 0.840 bits per heavy atom. The van der Waals surface area contributed by atoms with Crippen molar-refractivity contribution in [2.75, 3.05) is 17.2 Å². The topological polar surface area (TPSA) is 50.4 Å². The molecule has 0 saturated heterocycles. The Labute approximate surface area is 155 Å². The second-order valence-corrected chi connectivity index (χ2v) is 6.27. The Kier molecular flexibility index (Phi) is 5.69. The average molecular weight is 397 g/mol. The van der Waals surface area contributed by atoms with E-state index in [0.29, 0.717) is 0 Å². The molecule has 0 unspecified atom stereocenters. The van der Waals surface area contributed by atoms with Crippen molar-refractivity contribution in [2.24, 2.45) is 0 Å². The fourth-order valence-corrected chi connectivity index (χ4v) is 2.62. The summed E-state index contributed by atoms with van der Waals surface area (Å²) in [5.41, 5.74) is 1.61. The van der Waals surface area contributed by atoms with Crippen molar-refractivity contribution in [1.82, 2.24) is 0 Å². The number of hydrogen-bond donors (Lipinski definition) is 2. The third-order valence-electron chi connectivity index (χ3n) is 3.39. The zero-order chi connectivity index (χ0) is 17.5. The van der Waals surface area contributed by atoms with Crippen molar-refractivity contribution < 1.29 is 9.53 Å². The van der Waals surface area contributed by atoms with E-state index >= 15 is 0 Å². The van der Waals surface area contributed by atoms with Crippen LogP contribution in [0.3, 0.4) is 0 Å². The molecule has 0 heterocycles. The van der Waals surface area contributed by atoms with Gasteiger partial charge in [0.15, 0.2) is 0 Å². The first kappa shape index (κ1) is 17.0. The number of halogens is 1. The number of ether oxygens (including phenoxy) is 1. The molecule has 2 N–H and O–H groups in total. The molecule has 3 rings (SSSR count). The van der Waals surface area contributed by atoms with Crippen LogP contribution in [0, 0.1) is 0 Å². The Bertz CT molecular complexity index is 836. The number of carbonyl (C=O) groups excluding carboxylic acids is 1. The molecule has 0 aliphatic carbocycles. The summed E-state index contributed by atoms with van der Waals surface area (Å²) in [6.45, 7) is 0.193. The second-order valence-electron chi connectivity index (χ2n) is 5.35. The van der Waals surface area contributed by atoms with E-state index in [9.17, 15) is 4.79 Å². The standard InChI is InChI=1S/C20H17BrN2O2/c21-15-5-4-6-17(13-15)22-14-20(24)23-16-9-11-19(12-10-16)25-18-7-2-1-3-8-18/h1-13,22H,14H2,(H,23,24). The van der Waals surface area contributed by atoms with Gasteiger partial charge in [0.1, 0.15) is 11.5 Å². The zero-order valence-corrected chi connectivity index (χ0v) is 15.0. The van der Waals surface area contributed by atoms with E-state index in [1.807, 2.05) is 78.9 Å². The summed E-state index contributed by atoms with van der Waals surface area (Å²) in [6, 6.07) is 24.5. The molecule has 0 spiro atoms. The van der Waals surface area contributed by atoms with Crippen molar-refractivity contribution in [3.05, 3.63) is 83.3 Å². The largest absolute Gasteiger partial charge is 0.457 e. The quantitative estimate of drug-likeness (QED) is 0.594. The monoisotopic (exact) mass is 396 g/mol. The number of para-hydroxylation sites is 1. The maximum atomic E-state index is 12.0. The summed E-state index contributed by atoms with van der Waals surface area (Å²) in [6.07, 6.45) is 0. The van der Waals surface area contributed by atoms with Gasteiger partial charge in [-0.25, -0.2) is 0 Å². The Balaban J connectivity index is 1.51. The third kappa shape index (κ3) is 5.36. The molecule has 4 nitrogen and oxygen atoms in total. The summed E-state index contributed by atoms with van der Waals surface area (Å²) < 4.78 is 6.69. The van der Waals surface area contributed by atoms with E-state index in [2.05, 4.69) is 26.6 Å². The van der Waals surface area contributed by atoms with Crippen LogP contribution in [0.15, 0.2) is 83.3 Å². The van der Waals surface area contributed by atoms with E-state index in [0.717, 1.165) is 27.3 Å². The van der Waals surface area contributed by atoms with Gasteiger partial charge in [0, 0.05) is 15.8 Å². The fraction of sp³-hybridized carbons (Fsp3) is 0.0500. The van der Waals surface area contributed by atoms with E-state index in [1.54, 1.807) is 0 Å².